The largest absolute Gasteiger partial charge is 0.416 e. The molecule has 2 N–H and O–H groups in total. The molecule has 24 heavy (non-hydrogen) atoms. The topological polar surface area (TPSA) is 57.8 Å². The van der Waals surface area contributed by atoms with Crippen LogP contribution in [0.15, 0.2) is 18.2 Å². The second-order valence-electron chi connectivity index (χ2n) is 6.02. The molecule has 1 aliphatic heterocycles. The summed E-state index contributed by atoms with van der Waals surface area (Å²) in [5.41, 5.74) is 2.09. The van der Waals surface area contributed by atoms with Gasteiger partial charge in [-0.2, -0.15) is 13.2 Å². The predicted molar refractivity (Wildman–Crippen MR) is 83.2 cm³/mol. The average Bonchev–Trinajstić information content (AvgIpc) is 3.07. The Hall–Kier alpha value is -2.57. The number of anilines is 1. The zero-order valence-electron chi connectivity index (χ0n) is 12.6. The number of hydrogen-bond acceptors (Lipinski definition) is 2. The number of alkyl halides is 3. The molecule has 2 heterocycles. The number of carbonyl (C=O) groups excluding carboxylic acids is 1. The molecule has 1 amide bonds. The fourth-order valence-electron chi connectivity index (χ4n) is 3.19. The van der Waals surface area contributed by atoms with Crippen LogP contribution in [0.1, 0.15) is 41.2 Å². The maximum atomic E-state index is 12.9. The lowest BCUT2D eigenvalue weighted by molar-refractivity contribution is -0.137. The van der Waals surface area contributed by atoms with Gasteiger partial charge in [0.15, 0.2) is 0 Å². The Kier molecular flexibility index (Phi) is 3.26. The lowest BCUT2D eigenvalue weighted by Gasteiger charge is -2.08. The first-order valence-electron chi connectivity index (χ1n) is 7.74. The predicted octanol–water partition coefficient (Wildman–Crippen LogP) is 3.80. The van der Waals surface area contributed by atoms with Gasteiger partial charge in [-0.05, 0) is 50.0 Å². The Labute approximate surface area is 135 Å². The molecular formula is C17H14F3N3O. The highest BCUT2D eigenvalue weighted by atomic mass is 19.4. The van der Waals surface area contributed by atoms with Gasteiger partial charge in [0.25, 0.3) is 5.91 Å². The fourth-order valence-corrected chi connectivity index (χ4v) is 3.19. The Bertz CT molecular complexity index is 841. The van der Waals surface area contributed by atoms with Gasteiger partial charge in [0.05, 0.1) is 16.8 Å². The van der Waals surface area contributed by atoms with Gasteiger partial charge < -0.3 is 10.3 Å². The first-order chi connectivity index (χ1) is 11.4. The minimum absolute atomic E-state index is 0.196. The number of hydrogen-bond donors (Lipinski definition) is 2. The third-order valence-corrected chi connectivity index (χ3v) is 4.38. The van der Waals surface area contributed by atoms with Crippen molar-refractivity contribution in [1.29, 1.82) is 0 Å². The number of rotatable bonds is 1. The minimum atomic E-state index is -4.45. The summed E-state index contributed by atoms with van der Waals surface area (Å²) in [6.07, 6.45) is 1.04. The summed E-state index contributed by atoms with van der Waals surface area (Å²) in [6, 6.07) is 3.25. The fraction of sp³-hybridized carbons (Fsp3) is 0.294. The molecule has 0 atom stereocenters. The number of imidazole rings is 1. The van der Waals surface area contributed by atoms with E-state index in [4.69, 9.17) is 0 Å². The third-order valence-electron chi connectivity index (χ3n) is 4.38. The number of H-pyrrole nitrogens is 1. The van der Waals surface area contributed by atoms with Crippen molar-refractivity contribution < 1.29 is 18.0 Å². The second-order valence-corrected chi connectivity index (χ2v) is 6.02. The number of aromatic amines is 1. The quantitative estimate of drug-likeness (QED) is 0.780. The van der Waals surface area contributed by atoms with Gasteiger partial charge in [0, 0.05) is 16.9 Å². The number of carbonyl (C=O) groups is 1. The zero-order chi connectivity index (χ0) is 16.9. The number of benzene rings is 1. The molecule has 0 unspecified atom stereocenters. The molecule has 1 aromatic heterocycles. The molecule has 0 saturated heterocycles. The van der Waals surface area contributed by atoms with E-state index in [0.29, 0.717) is 11.5 Å². The number of nitrogens with one attached hydrogen (secondary N) is 2. The molecule has 0 fully saturated rings. The van der Waals surface area contributed by atoms with Crippen molar-refractivity contribution in [3.05, 3.63) is 46.5 Å². The summed E-state index contributed by atoms with van der Waals surface area (Å²) in [6.45, 7) is 0. The van der Waals surface area contributed by atoms with E-state index in [1.54, 1.807) is 0 Å². The SMILES string of the molecule is O=C1Nc2ccc(C(F)(F)F)cc2C1=Cc1nc2c([nH]1)CCCC2. The molecule has 1 aliphatic carbocycles. The molecule has 124 valence electrons. The summed E-state index contributed by atoms with van der Waals surface area (Å²) in [4.78, 5) is 19.8. The number of aromatic nitrogens is 2. The summed E-state index contributed by atoms with van der Waals surface area (Å²) in [5.74, 6) is 0.0935. The van der Waals surface area contributed by atoms with Crippen molar-refractivity contribution in [1.82, 2.24) is 9.97 Å². The van der Waals surface area contributed by atoms with Crippen LogP contribution in [0, 0.1) is 0 Å². The monoisotopic (exact) mass is 333 g/mol. The highest BCUT2D eigenvalue weighted by molar-refractivity contribution is 6.34. The van der Waals surface area contributed by atoms with Crippen molar-refractivity contribution in [3.8, 4) is 0 Å². The number of halogens is 3. The van der Waals surface area contributed by atoms with E-state index in [9.17, 15) is 18.0 Å². The van der Waals surface area contributed by atoms with Crippen LogP contribution < -0.4 is 5.32 Å². The van der Waals surface area contributed by atoms with Gasteiger partial charge >= 0.3 is 6.18 Å². The standard InChI is InChI=1S/C17H14F3N3O/c18-17(19,20)9-5-6-12-10(7-9)11(16(24)23-12)8-15-21-13-3-1-2-4-14(13)22-15/h5-8H,1-4H2,(H,21,22)(H,23,24). The number of nitrogens with zero attached hydrogens (tertiary/aromatic N) is 1. The van der Waals surface area contributed by atoms with Gasteiger partial charge in [-0.25, -0.2) is 4.98 Å². The first-order valence-corrected chi connectivity index (χ1v) is 7.74. The van der Waals surface area contributed by atoms with E-state index < -0.39 is 17.6 Å². The Morgan fingerprint density at radius 1 is 1.17 bits per heavy atom. The summed E-state index contributed by atoms with van der Waals surface area (Å²) in [5, 5.41) is 2.59. The molecule has 4 rings (SSSR count). The van der Waals surface area contributed by atoms with Crippen molar-refractivity contribution in [2.45, 2.75) is 31.9 Å². The summed E-state index contributed by atoms with van der Waals surface area (Å²) >= 11 is 0. The molecule has 7 heteroatoms. The summed E-state index contributed by atoms with van der Waals surface area (Å²) in [7, 11) is 0. The number of amides is 1. The molecule has 1 aromatic carbocycles. The van der Waals surface area contributed by atoms with E-state index >= 15 is 0 Å². The van der Waals surface area contributed by atoms with Gasteiger partial charge in [-0.1, -0.05) is 0 Å². The lowest BCUT2D eigenvalue weighted by Crippen LogP contribution is -2.04. The van der Waals surface area contributed by atoms with E-state index in [-0.39, 0.29) is 11.1 Å². The van der Waals surface area contributed by atoms with E-state index in [0.717, 1.165) is 49.2 Å². The normalized spacial score (nSPS) is 18.5. The molecule has 0 bridgehead atoms. The molecule has 0 radical (unpaired) electrons. The second kappa shape index (κ2) is 5.22. The van der Waals surface area contributed by atoms with E-state index in [2.05, 4.69) is 15.3 Å². The van der Waals surface area contributed by atoms with Crippen LogP contribution >= 0.6 is 0 Å². The van der Waals surface area contributed by atoms with Crippen LogP contribution in [0.25, 0.3) is 11.6 Å². The Morgan fingerprint density at radius 3 is 2.71 bits per heavy atom. The smallest absolute Gasteiger partial charge is 0.342 e. The van der Waals surface area contributed by atoms with Crippen LogP contribution in [0.4, 0.5) is 18.9 Å². The van der Waals surface area contributed by atoms with Crippen LogP contribution in [0.3, 0.4) is 0 Å². The van der Waals surface area contributed by atoms with Crippen LogP contribution in [0.5, 0.6) is 0 Å². The zero-order valence-corrected chi connectivity index (χ0v) is 12.6. The van der Waals surface area contributed by atoms with Crippen LogP contribution in [-0.2, 0) is 23.8 Å². The number of fused-ring (bicyclic) bond motifs is 2. The molecular weight excluding hydrogens is 319 g/mol. The molecule has 2 aliphatic rings. The van der Waals surface area contributed by atoms with Crippen molar-refractivity contribution in [3.63, 3.8) is 0 Å². The summed E-state index contributed by atoms with van der Waals surface area (Å²) < 4.78 is 38.8. The van der Waals surface area contributed by atoms with Gasteiger partial charge in [0.2, 0.25) is 0 Å². The molecule has 2 aromatic rings. The van der Waals surface area contributed by atoms with Gasteiger partial charge in [-0.3, -0.25) is 4.79 Å². The van der Waals surface area contributed by atoms with Crippen LogP contribution in [-0.4, -0.2) is 15.9 Å². The maximum absolute atomic E-state index is 12.9. The Balaban J connectivity index is 1.77. The highest BCUT2D eigenvalue weighted by Crippen LogP contribution is 2.38. The van der Waals surface area contributed by atoms with Crippen molar-refractivity contribution in [2.24, 2.45) is 0 Å². The molecule has 4 nitrogen and oxygen atoms in total. The molecule has 0 spiro atoms. The molecule has 0 saturated carbocycles. The Morgan fingerprint density at radius 2 is 1.96 bits per heavy atom. The van der Waals surface area contributed by atoms with E-state index in [1.807, 2.05) is 0 Å². The lowest BCUT2D eigenvalue weighted by atomic mass is 10.0. The third kappa shape index (κ3) is 2.50. The van der Waals surface area contributed by atoms with Gasteiger partial charge in [-0.15, -0.1) is 0 Å². The van der Waals surface area contributed by atoms with E-state index in [1.165, 1.54) is 12.1 Å². The van der Waals surface area contributed by atoms with Crippen molar-refractivity contribution >= 4 is 23.2 Å². The van der Waals surface area contributed by atoms with Gasteiger partial charge in [0.1, 0.15) is 5.82 Å². The first kappa shape index (κ1) is 15.0. The van der Waals surface area contributed by atoms with Crippen LogP contribution in [0.2, 0.25) is 0 Å². The number of aryl methyl sites for hydroxylation is 2. The highest BCUT2D eigenvalue weighted by Gasteiger charge is 2.34. The minimum Gasteiger partial charge on any atom is -0.342 e. The van der Waals surface area contributed by atoms with Crippen molar-refractivity contribution in [2.75, 3.05) is 5.32 Å². The maximum Gasteiger partial charge on any atom is 0.416 e. The average molecular weight is 333 g/mol.